The predicted octanol–water partition coefficient (Wildman–Crippen LogP) is 4.88. The molecule has 4 rings (SSSR count). The van der Waals surface area contributed by atoms with Gasteiger partial charge in [0.25, 0.3) is 0 Å². The molecule has 0 fully saturated rings. The van der Waals surface area contributed by atoms with Crippen LogP contribution in [0.1, 0.15) is 30.7 Å². The van der Waals surface area contributed by atoms with E-state index in [-0.39, 0.29) is 12.4 Å². The number of aryl methyl sites for hydroxylation is 2. The van der Waals surface area contributed by atoms with Gasteiger partial charge in [0.2, 0.25) is 0 Å². The fraction of sp³-hybridized carbons (Fsp3) is 0.269. The van der Waals surface area contributed by atoms with Crippen LogP contribution in [0.5, 0.6) is 5.75 Å². The predicted molar refractivity (Wildman–Crippen MR) is 124 cm³/mol. The van der Waals surface area contributed by atoms with Gasteiger partial charge < -0.3 is 9.47 Å². The Bertz CT molecular complexity index is 1250. The molecule has 164 valence electrons. The Balaban J connectivity index is 1.65. The second-order valence-electron chi connectivity index (χ2n) is 7.61. The van der Waals surface area contributed by atoms with Crippen molar-refractivity contribution in [3.05, 3.63) is 77.7 Å². The van der Waals surface area contributed by atoms with Crippen LogP contribution in [0, 0.1) is 0 Å². The fourth-order valence-electron chi connectivity index (χ4n) is 3.79. The quantitative estimate of drug-likeness (QED) is 0.374. The number of rotatable bonds is 8. The minimum Gasteiger partial charge on any atom is -0.489 e. The number of pyridine rings is 1. The maximum absolute atomic E-state index is 12.0. The standard InChI is InChI=1S/C26H27N3O3/c1-4-21-14-19(10-11-27-21)22-12-18(13-24-23(22)16-28-29(24)3)17-32-25-9-7-6-8-20(25)15-26(30)31-5-2/h6-14,16H,4-5,15,17H2,1-3H3. The van der Waals surface area contributed by atoms with E-state index in [1.165, 1.54) is 0 Å². The van der Waals surface area contributed by atoms with Gasteiger partial charge >= 0.3 is 5.97 Å². The number of fused-ring (bicyclic) bond motifs is 1. The fourth-order valence-corrected chi connectivity index (χ4v) is 3.79. The molecule has 0 saturated carbocycles. The molecule has 0 atom stereocenters. The summed E-state index contributed by atoms with van der Waals surface area (Å²) in [6.07, 6.45) is 4.82. The van der Waals surface area contributed by atoms with Crippen LogP contribution in [0.4, 0.5) is 0 Å². The number of carbonyl (C=O) groups is 1. The van der Waals surface area contributed by atoms with Gasteiger partial charge in [-0.2, -0.15) is 5.10 Å². The molecule has 0 aliphatic carbocycles. The lowest BCUT2D eigenvalue weighted by atomic mass is 9.99. The van der Waals surface area contributed by atoms with Gasteiger partial charge in [0.15, 0.2) is 0 Å². The number of esters is 1. The molecule has 0 bridgehead atoms. The van der Waals surface area contributed by atoms with Gasteiger partial charge in [0, 0.05) is 29.9 Å². The van der Waals surface area contributed by atoms with E-state index in [1.54, 1.807) is 6.92 Å². The van der Waals surface area contributed by atoms with Gasteiger partial charge in [-0.05, 0) is 60.4 Å². The van der Waals surface area contributed by atoms with Crippen molar-refractivity contribution in [1.29, 1.82) is 0 Å². The number of carbonyl (C=O) groups excluding carboxylic acids is 1. The van der Waals surface area contributed by atoms with Crippen molar-refractivity contribution in [2.75, 3.05) is 6.61 Å². The molecule has 6 heteroatoms. The smallest absolute Gasteiger partial charge is 0.310 e. The van der Waals surface area contributed by atoms with Gasteiger partial charge in [0.05, 0.1) is 24.7 Å². The molecular formula is C26H27N3O3. The molecule has 32 heavy (non-hydrogen) atoms. The third-order valence-electron chi connectivity index (χ3n) is 5.42. The molecule has 6 nitrogen and oxygen atoms in total. The number of nitrogens with zero attached hydrogens (tertiary/aromatic N) is 3. The Morgan fingerprint density at radius 2 is 1.94 bits per heavy atom. The Morgan fingerprint density at radius 3 is 2.75 bits per heavy atom. The van der Waals surface area contributed by atoms with Gasteiger partial charge in [-0.15, -0.1) is 0 Å². The third kappa shape index (κ3) is 4.64. The molecule has 2 aromatic heterocycles. The van der Waals surface area contributed by atoms with Crippen LogP contribution < -0.4 is 4.74 Å². The van der Waals surface area contributed by atoms with Crippen molar-refractivity contribution in [3.8, 4) is 16.9 Å². The Labute approximate surface area is 187 Å². The maximum Gasteiger partial charge on any atom is 0.310 e. The molecular weight excluding hydrogens is 402 g/mol. The molecule has 0 aliphatic rings. The van der Waals surface area contributed by atoms with Crippen LogP contribution in [-0.2, 0) is 36.0 Å². The second kappa shape index (κ2) is 9.64. The molecule has 0 aliphatic heterocycles. The van der Waals surface area contributed by atoms with E-state index >= 15 is 0 Å². The maximum atomic E-state index is 12.0. The first-order chi connectivity index (χ1) is 15.6. The summed E-state index contributed by atoms with van der Waals surface area (Å²) in [6.45, 7) is 4.65. The van der Waals surface area contributed by atoms with Crippen molar-refractivity contribution in [2.45, 2.75) is 33.3 Å². The lowest BCUT2D eigenvalue weighted by molar-refractivity contribution is -0.142. The Morgan fingerprint density at radius 1 is 1.09 bits per heavy atom. The average Bonchev–Trinajstić information content (AvgIpc) is 3.19. The number of aromatic nitrogens is 3. The first kappa shape index (κ1) is 21.6. The summed E-state index contributed by atoms with van der Waals surface area (Å²) < 4.78 is 13.1. The van der Waals surface area contributed by atoms with Crippen molar-refractivity contribution >= 4 is 16.9 Å². The molecule has 2 aromatic carbocycles. The number of hydrogen-bond donors (Lipinski definition) is 0. The van der Waals surface area contributed by atoms with E-state index in [1.807, 2.05) is 54.5 Å². The normalized spacial score (nSPS) is 11.0. The van der Waals surface area contributed by atoms with Crippen LogP contribution in [0.2, 0.25) is 0 Å². The van der Waals surface area contributed by atoms with E-state index in [9.17, 15) is 4.79 Å². The lowest BCUT2D eigenvalue weighted by Crippen LogP contribution is -2.09. The average molecular weight is 430 g/mol. The third-order valence-corrected chi connectivity index (χ3v) is 5.42. The molecule has 0 unspecified atom stereocenters. The van der Waals surface area contributed by atoms with E-state index < -0.39 is 0 Å². The van der Waals surface area contributed by atoms with Crippen LogP contribution in [0.25, 0.3) is 22.0 Å². The summed E-state index contributed by atoms with van der Waals surface area (Å²) in [5.41, 5.74) is 6.14. The number of hydrogen-bond acceptors (Lipinski definition) is 5. The van der Waals surface area contributed by atoms with E-state index in [2.05, 4.69) is 35.2 Å². The van der Waals surface area contributed by atoms with Gasteiger partial charge in [-0.25, -0.2) is 0 Å². The summed E-state index contributed by atoms with van der Waals surface area (Å²) >= 11 is 0. The molecule has 2 heterocycles. The first-order valence-electron chi connectivity index (χ1n) is 10.8. The van der Waals surface area contributed by atoms with Crippen molar-refractivity contribution < 1.29 is 14.3 Å². The summed E-state index contributed by atoms with van der Waals surface area (Å²) in [6, 6.07) is 16.0. The summed E-state index contributed by atoms with van der Waals surface area (Å²) in [4.78, 5) is 16.4. The Kier molecular flexibility index (Phi) is 6.50. The number of benzene rings is 2. The molecule has 0 radical (unpaired) electrons. The number of ether oxygens (including phenoxy) is 2. The van der Waals surface area contributed by atoms with Crippen molar-refractivity contribution in [2.24, 2.45) is 7.05 Å². The van der Waals surface area contributed by atoms with Gasteiger partial charge in [0.1, 0.15) is 12.4 Å². The molecule has 0 N–H and O–H groups in total. The zero-order chi connectivity index (χ0) is 22.5. The second-order valence-corrected chi connectivity index (χ2v) is 7.61. The SMILES string of the molecule is CCOC(=O)Cc1ccccc1OCc1cc(-c2ccnc(CC)c2)c2cnn(C)c2c1. The topological polar surface area (TPSA) is 66.2 Å². The van der Waals surface area contributed by atoms with Gasteiger partial charge in [-0.1, -0.05) is 25.1 Å². The summed E-state index contributed by atoms with van der Waals surface area (Å²) in [5, 5.41) is 5.55. The van der Waals surface area contributed by atoms with E-state index in [4.69, 9.17) is 9.47 Å². The van der Waals surface area contributed by atoms with E-state index in [0.29, 0.717) is 19.0 Å². The van der Waals surface area contributed by atoms with Crippen LogP contribution in [0.15, 0.2) is 60.9 Å². The summed E-state index contributed by atoms with van der Waals surface area (Å²) in [7, 11) is 1.94. The van der Waals surface area contributed by atoms with Crippen LogP contribution in [-0.4, -0.2) is 27.3 Å². The zero-order valence-corrected chi connectivity index (χ0v) is 18.7. The minimum absolute atomic E-state index is 0.187. The lowest BCUT2D eigenvalue weighted by Gasteiger charge is -2.13. The first-order valence-corrected chi connectivity index (χ1v) is 10.8. The summed E-state index contributed by atoms with van der Waals surface area (Å²) in [5.74, 6) is 0.427. The highest BCUT2D eigenvalue weighted by Gasteiger charge is 2.13. The monoisotopic (exact) mass is 429 g/mol. The van der Waals surface area contributed by atoms with E-state index in [0.717, 1.165) is 45.3 Å². The minimum atomic E-state index is -0.258. The molecule has 4 aromatic rings. The number of para-hydroxylation sites is 1. The Hall–Kier alpha value is -3.67. The molecule has 0 spiro atoms. The van der Waals surface area contributed by atoms with Crippen LogP contribution in [0.3, 0.4) is 0 Å². The highest BCUT2D eigenvalue weighted by atomic mass is 16.5. The molecule has 0 amide bonds. The highest BCUT2D eigenvalue weighted by molar-refractivity contribution is 5.95. The zero-order valence-electron chi connectivity index (χ0n) is 18.7. The van der Waals surface area contributed by atoms with Gasteiger partial charge in [-0.3, -0.25) is 14.5 Å². The van der Waals surface area contributed by atoms with Crippen LogP contribution >= 0.6 is 0 Å². The van der Waals surface area contributed by atoms with Crippen molar-refractivity contribution in [1.82, 2.24) is 14.8 Å². The highest BCUT2D eigenvalue weighted by Crippen LogP contribution is 2.31. The largest absolute Gasteiger partial charge is 0.489 e. The molecule has 0 saturated heterocycles. The van der Waals surface area contributed by atoms with Crippen molar-refractivity contribution in [3.63, 3.8) is 0 Å².